The molecule has 0 fully saturated rings. The molecule has 2 nitrogen and oxygen atoms in total. The van der Waals surface area contributed by atoms with E-state index < -0.39 is 0 Å². The van der Waals surface area contributed by atoms with Crippen LogP contribution >= 0.6 is 0 Å². The number of esters is 1. The van der Waals surface area contributed by atoms with Crippen molar-refractivity contribution in [3.63, 3.8) is 0 Å². The molecule has 0 bridgehead atoms. The lowest BCUT2D eigenvalue weighted by Crippen LogP contribution is -2.13. The Labute approximate surface area is 99.1 Å². The minimum absolute atomic E-state index is 0.0213. The lowest BCUT2D eigenvalue weighted by molar-refractivity contribution is -0.146. The predicted octanol–water partition coefficient (Wildman–Crippen LogP) is 4.00. The summed E-state index contributed by atoms with van der Waals surface area (Å²) in [5.41, 5.74) is 0. The van der Waals surface area contributed by atoms with Gasteiger partial charge in [-0.15, -0.1) is 0 Å². The molecule has 0 radical (unpaired) electrons. The molecule has 16 heavy (non-hydrogen) atoms. The standard InChI is InChI=1S/C14H24O2/c1-2-3-4-5-6-7-12-14(15)16-13-10-8-9-11-13/h8,10,13H,2-7,9,11-12H2,1H3. The van der Waals surface area contributed by atoms with E-state index in [-0.39, 0.29) is 12.1 Å². The topological polar surface area (TPSA) is 26.3 Å². The highest BCUT2D eigenvalue weighted by molar-refractivity contribution is 5.69. The van der Waals surface area contributed by atoms with E-state index in [1.165, 1.54) is 25.7 Å². The maximum absolute atomic E-state index is 11.4. The van der Waals surface area contributed by atoms with Gasteiger partial charge in [-0.1, -0.05) is 45.1 Å². The zero-order chi connectivity index (χ0) is 11.6. The Kier molecular flexibility index (Phi) is 6.95. The molecule has 0 saturated carbocycles. The summed E-state index contributed by atoms with van der Waals surface area (Å²) in [5, 5.41) is 0. The monoisotopic (exact) mass is 224 g/mol. The normalized spacial score (nSPS) is 18.9. The summed E-state index contributed by atoms with van der Waals surface area (Å²) in [6, 6.07) is 0. The van der Waals surface area contributed by atoms with Gasteiger partial charge in [0, 0.05) is 6.42 Å². The summed E-state index contributed by atoms with van der Waals surface area (Å²) in [4.78, 5) is 11.4. The second-order valence-corrected chi connectivity index (χ2v) is 4.55. The van der Waals surface area contributed by atoms with Gasteiger partial charge in [0.05, 0.1) is 0 Å². The summed E-state index contributed by atoms with van der Waals surface area (Å²) < 4.78 is 5.31. The quantitative estimate of drug-likeness (QED) is 0.354. The van der Waals surface area contributed by atoms with Gasteiger partial charge in [0.25, 0.3) is 0 Å². The highest BCUT2D eigenvalue weighted by atomic mass is 16.5. The van der Waals surface area contributed by atoms with Crippen LogP contribution < -0.4 is 0 Å². The van der Waals surface area contributed by atoms with Crippen molar-refractivity contribution >= 4 is 5.97 Å². The Morgan fingerprint density at radius 1 is 1.25 bits per heavy atom. The van der Waals surface area contributed by atoms with Crippen molar-refractivity contribution in [2.45, 2.75) is 70.8 Å². The number of unbranched alkanes of at least 4 members (excludes halogenated alkanes) is 5. The maximum Gasteiger partial charge on any atom is 0.306 e. The Balaban J connectivity index is 1.91. The van der Waals surface area contributed by atoms with Gasteiger partial charge in [-0.25, -0.2) is 0 Å². The highest BCUT2D eigenvalue weighted by Crippen LogP contribution is 2.14. The Hall–Kier alpha value is -0.790. The van der Waals surface area contributed by atoms with Crippen LogP contribution in [0.5, 0.6) is 0 Å². The molecule has 0 aromatic heterocycles. The molecule has 92 valence electrons. The van der Waals surface area contributed by atoms with Gasteiger partial charge in [0.15, 0.2) is 0 Å². The molecule has 0 amide bonds. The number of hydrogen-bond donors (Lipinski definition) is 0. The van der Waals surface area contributed by atoms with Crippen LogP contribution in [0.1, 0.15) is 64.7 Å². The van der Waals surface area contributed by atoms with Crippen LogP contribution in [-0.4, -0.2) is 12.1 Å². The fourth-order valence-corrected chi connectivity index (χ4v) is 1.98. The van der Waals surface area contributed by atoms with Gasteiger partial charge in [0.1, 0.15) is 6.10 Å². The maximum atomic E-state index is 11.4. The van der Waals surface area contributed by atoms with Crippen LogP contribution in [0, 0.1) is 0 Å². The van der Waals surface area contributed by atoms with Crippen LogP contribution in [0.15, 0.2) is 12.2 Å². The SMILES string of the molecule is CCCCCCCCC(=O)OC1C=CCC1. The van der Waals surface area contributed by atoms with E-state index in [0.29, 0.717) is 6.42 Å². The largest absolute Gasteiger partial charge is 0.458 e. The van der Waals surface area contributed by atoms with E-state index in [0.717, 1.165) is 25.7 Å². The summed E-state index contributed by atoms with van der Waals surface area (Å²) in [5.74, 6) is -0.0213. The third-order valence-corrected chi connectivity index (χ3v) is 2.99. The van der Waals surface area contributed by atoms with Crippen molar-refractivity contribution in [1.82, 2.24) is 0 Å². The number of rotatable bonds is 8. The van der Waals surface area contributed by atoms with Crippen molar-refractivity contribution in [2.75, 3.05) is 0 Å². The van der Waals surface area contributed by atoms with Crippen molar-refractivity contribution in [2.24, 2.45) is 0 Å². The minimum atomic E-state index is -0.0213. The smallest absolute Gasteiger partial charge is 0.306 e. The average Bonchev–Trinajstić information content (AvgIpc) is 2.76. The molecule has 1 aliphatic rings. The van der Waals surface area contributed by atoms with Crippen LogP contribution in [0.2, 0.25) is 0 Å². The summed E-state index contributed by atoms with van der Waals surface area (Å²) in [7, 11) is 0. The Morgan fingerprint density at radius 3 is 2.69 bits per heavy atom. The molecule has 1 atom stereocenters. The van der Waals surface area contributed by atoms with E-state index >= 15 is 0 Å². The number of carbonyl (C=O) groups excluding carboxylic acids is 1. The Morgan fingerprint density at radius 2 is 2.00 bits per heavy atom. The fraction of sp³-hybridized carbons (Fsp3) is 0.786. The van der Waals surface area contributed by atoms with Crippen LogP contribution in [0.25, 0.3) is 0 Å². The molecule has 0 heterocycles. The summed E-state index contributed by atoms with van der Waals surface area (Å²) >= 11 is 0. The van der Waals surface area contributed by atoms with Gasteiger partial charge in [-0.2, -0.15) is 0 Å². The average molecular weight is 224 g/mol. The molecular formula is C14H24O2. The molecule has 1 aliphatic carbocycles. The fourth-order valence-electron chi connectivity index (χ4n) is 1.98. The number of hydrogen-bond acceptors (Lipinski definition) is 2. The third kappa shape index (κ3) is 5.94. The van der Waals surface area contributed by atoms with Crippen molar-refractivity contribution < 1.29 is 9.53 Å². The van der Waals surface area contributed by atoms with E-state index in [1.807, 2.05) is 6.08 Å². The van der Waals surface area contributed by atoms with E-state index in [9.17, 15) is 4.79 Å². The first-order valence-corrected chi connectivity index (χ1v) is 6.69. The van der Waals surface area contributed by atoms with Gasteiger partial charge < -0.3 is 4.74 Å². The summed E-state index contributed by atoms with van der Waals surface area (Å²) in [6.45, 7) is 2.21. The Bertz CT molecular complexity index is 221. The molecule has 2 heteroatoms. The van der Waals surface area contributed by atoms with Crippen LogP contribution in [0.4, 0.5) is 0 Å². The van der Waals surface area contributed by atoms with Gasteiger partial charge in [-0.3, -0.25) is 4.79 Å². The van der Waals surface area contributed by atoms with Crippen LogP contribution in [-0.2, 0) is 9.53 Å². The first-order chi connectivity index (χ1) is 7.83. The van der Waals surface area contributed by atoms with Gasteiger partial charge in [0.2, 0.25) is 0 Å². The van der Waals surface area contributed by atoms with Gasteiger partial charge >= 0.3 is 5.97 Å². The zero-order valence-corrected chi connectivity index (χ0v) is 10.4. The first-order valence-electron chi connectivity index (χ1n) is 6.69. The van der Waals surface area contributed by atoms with E-state index in [2.05, 4.69) is 13.0 Å². The van der Waals surface area contributed by atoms with Crippen molar-refractivity contribution in [3.05, 3.63) is 12.2 Å². The molecule has 1 unspecified atom stereocenters. The van der Waals surface area contributed by atoms with Gasteiger partial charge in [-0.05, 0) is 25.3 Å². The molecule has 0 N–H and O–H groups in total. The van der Waals surface area contributed by atoms with E-state index in [1.54, 1.807) is 0 Å². The zero-order valence-electron chi connectivity index (χ0n) is 10.4. The molecule has 0 saturated heterocycles. The minimum Gasteiger partial charge on any atom is -0.458 e. The molecule has 0 aliphatic heterocycles. The van der Waals surface area contributed by atoms with E-state index in [4.69, 9.17) is 4.74 Å². The predicted molar refractivity (Wildman–Crippen MR) is 66.2 cm³/mol. The molecular weight excluding hydrogens is 200 g/mol. The molecule has 0 aromatic carbocycles. The molecule has 0 spiro atoms. The van der Waals surface area contributed by atoms with Crippen molar-refractivity contribution in [1.29, 1.82) is 0 Å². The van der Waals surface area contributed by atoms with Crippen molar-refractivity contribution in [3.8, 4) is 0 Å². The highest BCUT2D eigenvalue weighted by Gasteiger charge is 2.13. The second-order valence-electron chi connectivity index (χ2n) is 4.55. The number of ether oxygens (including phenoxy) is 1. The van der Waals surface area contributed by atoms with Crippen LogP contribution in [0.3, 0.4) is 0 Å². The number of carbonyl (C=O) groups is 1. The lowest BCUT2D eigenvalue weighted by atomic mass is 10.1. The number of allylic oxidation sites excluding steroid dienone is 1. The molecule has 0 aromatic rings. The summed E-state index contributed by atoms with van der Waals surface area (Å²) in [6.07, 6.45) is 14.1. The first kappa shape index (κ1) is 13.3. The molecule has 1 rings (SSSR count). The third-order valence-electron chi connectivity index (χ3n) is 2.99. The second kappa shape index (κ2) is 8.37. The lowest BCUT2D eigenvalue weighted by Gasteiger charge is -2.09.